The summed E-state index contributed by atoms with van der Waals surface area (Å²) < 4.78 is 81.6. The second kappa shape index (κ2) is 9.39. The van der Waals surface area contributed by atoms with Crippen molar-refractivity contribution in [2.45, 2.75) is 11.8 Å². The Hall–Kier alpha value is -2.41. The van der Waals surface area contributed by atoms with Gasteiger partial charge in [-0.3, -0.25) is 4.18 Å². The van der Waals surface area contributed by atoms with Crippen molar-refractivity contribution in [3.05, 3.63) is 96.6 Å². The van der Waals surface area contributed by atoms with Crippen molar-refractivity contribution in [1.82, 2.24) is 0 Å². The summed E-state index contributed by atoms with van der Waals surface area (Å²) in [6, 6.07) is 25.0. The van der Waals surface area contributed by atoms with Crippen molar-refractivity contribution in [3.8, 4) is 0 Å². The van der Waals surface area contributed by atoms with Crippen molar-refractivity contribution in [1.29, 1.82) is 0 Å². The SMILES string of the molecule is O=P(c1ccccc1)(c1ccccc1)[C@@H](CS(=O)(=O)OCC(F)(F)F)c1ccccc1. The van der Waals surface area contributed by atoms with Gasteiger partial charge in [-0.2, -0.15) is 21.6 Å². The lowest BCUT2D eigenvalue weighted by Gasteiger charge is -2.29. The summed E-state index contributed by atoms with van der Waals surface area (Å²) in [5.41, 5.74) is -0.713. The topological polar surface area (TPSA) is 60.4 Å². The minimum atomic E-state index is -4.81. The maximum absolute atomic E-state index is 14.7. The molecule has 0 aromatic heterocycles. The average molecular weight is 468 g/mol. The summed E-state index contributed by atoms with van der Waals surface area (Å²) in [5, 5.41) is 0.808. The van der Waals surface area contributed by atoms with Crippen LogP contribution in [0.2, 0.25) is 0 Å². The van der Waals surface area contributed by atoms with E-state index in [0.29, 0.717) is 16.2 Å². The molecule has 0 bridgehead atoms. The molecule has 0 amide bonds. The van der Waals surface area contributed by atoms with E-state index in [2.05, 4.69) is 4.18 Å². The molecule has 0 N–H and O–H groups in total. The Bertz CT molecular complexity index is 1090. The molecule has 0 unspecified atom stereocenters. The second-order valence-electron chi connectivity index (χ2n) is 6.86. The normalized spacial score (nSPS) is 13.6. The van der Waals surface area contributed by atoms with Gasteiger partial charge in [0.25, 0.3) is 10.1 Å². The number of hydrogen-bond donors (Lipinski definition) is 0. The third kappa shape index (κ3) is 5.85. The minimum Gasteiger partial charge on any atom is -0.313 e. The van der Waals surface area contributed by atoms with Crippen molar-refractivity contribution in [2.24, 2.45) is 0 Å². The maximum atomic E-state index is 14.7. The maximum Gasteiger partial charge on any atom is 0.413 e. The van der Waals surface area contributed by atoms with Crippen LogP contribution < -0.4 is 10.6 Å². The number of alkyl halides is 3. The highest BCUT2D eigenvalue weighted by Crippen LogP contribution is 2.57. The first-order valence-corrected chi connectivity index (χ1v) is 12.7. The van der Waals surface area contributed by atoms with E-state index >= 15 is 0 Å². The van der Waals surface area contributed by atoms with Crippen LogP contribution in [0.4, 0.5) is 13.2 Å². The number of hydrogen-bond acceptors (Lipinski definition) is 4. The highest BCUT2D eigenvalue weighted by Gasteiger charge is 2.41. The van der Waals surface area contributed by atoms with Gasteiger partial charge in [-0.1, -0.05) is 91.0 Å². The molecular formula is C22H20F3O4PS. The summed E-state index contributed by atoms with van der Waals surface area (Å²) in [6.45, 7) is -1.93. The van der Waals surface area contributed by atoms with Crippen LogP contribution in [0.15, 0.2) is 91.0 Å². The Morgan fingerprint density at radius 1 is 0.774 bits per heavy atom. The molecule has 0 heterocycles. The Kier molecular flexibility index (Phi) is 7.04. The first kappa shape index (κ1) is 23.3. The van der Waals surface area contributed by atoms with E-state index < -0.39 is 41.5 Å². The lowest BCUT2D eigenvalue weighted by molar-refractivity contribution is -0.152. The molecule has 0 aliphatic rings. The van der Waals surface area contributed by atoms with E-state index in [-0.39, 0.29) is 0 Å². The first-order valence-electron chi connectivity index (χ1n) is 9.31. The molecule has 0 saturated carbocycles. The van der Waals surface area contributed by atoms with Crippen molar-refractivity contribution >= 4 is 27.9 Å². The van der Waals surface area contributed by atoms with Gasteiger partial charge in [-0.25, -0.2) is 0 Å². The Balaban J connectivity index is 2.15. The standard InChI is InChI=1S/C22H20F3O4PS/c23-22(24,25)17-29-31(27,28)16-21(18-10-4-1-5-11-18)30(26,19-12-6-2-7-13-19)20-14-8-3-9-15-20/h1-15,21H,16-17H2/t21-/m0/s1. The Morgan fingerprint density at radius 3 is 1.61 bits per heavy atom. The van der Waals surface area contributed by atoms with Crippen molar-refractivity contribution in [3.63, 3.8) is 0 Å². The van der Waals surface area contributed by atoms with Gasteiger partial charge in [0.05, 0.1) is 11.4 Å². The number of rotatable bonds is 8. The average Bonchev–Trinajstić information content (AvgIpc) is 2.77. The Morgan fingerprint density at radius 2 is 1.19 bits per heavy atom. The van der Waals surface area contributed by atoms with Crippen LogP contribution in [0.3, 0.4) is 0 Å². The molecule has 4 nitrogen and oxygen atoms in total. The number of benzene rings is 3. The third-order valence-corrected chi connectivity index (χ3v) is 9.62. The Labute approximate surface area is 179 Å². The zero-order chi connectivity index (χ0) is 22.5. The predicted octanol–water partition coefficient (Wildman–Crippen LogP) is 4.65. The molecule has 0 saturated heterocycles. The molecule has 3 aromatic rings. The molecular weight excluding hydrogens is 448 g/mol. The zero-order valence-electron chi connectivity index (χ0n) is 16.3. The molecule has 1 atom stereocenters. The molecule has 0 fully saturated rings. The molecule has 3 aromatic carbocycles. The lowest BCUT2D eigenvalue weighted by Crippen LogP contribution is -2.28. The largest absolute Gasteiger partial charge is 0.413 e. The van der Waals surface area contributed by atoms with Gasteiger partial charge in [0, 0.05) is 10.6 Å². The molecule has 164 valence electrons. The molecule has 9 heteroatoms. The van der Waals surface area contributed by atoms with Crippen molar-refractivity contribution in [2.75, 3.05) is 12.4 Å². The van der Waals surface area contributed by atoms with E-state index in [4.69, 9.17) is 0 Å². The summed E-state index contributed by atoms with van der Waals surface area (Å²) in [7, 11) is -8.31. The van der Waals surface area contributed by atoms with Crippen molar-refractivity contribution < 1.29 is 30.3 Å². The molecule has 3 rings (SSSR count). The van der Waals surface area contributed by atoms with E-state index in [0.717, 1.165) is 0 Å². The van der Waals surface area contributed by atoms with E-state index in [9.17, 15) is 26.2 Å². The molecule has 31 heavy (non-hydrogen) atoms. The fraction of sp³-hybridized carbons (Fsp3) is 0.182. The lowest BCUT2D eigenvalue weighted by atomic mass is 10.2. The van der Waals surface area contributed by atoms with Crippen LogP contribution in [0, 0.1) is 0 Å². The van der Waals surface area contributed by atoms with Crippen LogP contribution in [0.1, 0.15) is 11.2 Å². The second-order valence-corrected chi connectivity index (χ2v) is 11.5. The number of halogens is 3. The van der Waals surface area contributed by atoms with E-state index in [1.807, 2.05) is 0 Å². The van der Waals surface area contributed by atoms with E-state index in [1.54, 1.807) is 91.0 Å². The molecule has 0 aliphatic heterocycles. The van der Waals surface area contributed by atoms with Crippen LogP contribution in [0.5, 0.6) is 0 Å². The quantitative estimate of drug-likeness (QED) is 0.357. The van der Waals surface area contributed by atoms with Crippen LogP contribution in [-0.4, -0.2) is 27.0 Å². The summed E-state index contributed by atoms with van der Waals surface area (Å²) in [6.07, 6.45) is -4.81. The van der Waals surface area contributed by atoms with Gasteiger partial charge in [-0.15, -0.1) is 0 Å². The van der Waals surface area contributed by atoms with Crippen LogP contribution in [0.25, 0.3) is 0 Å². The smallest absolute Gasteiger partial charge is 0.313 e. The molecule has 0 radical (unpaired) electrons. The highest BCUT2D eigenvalue weighted by molar-refractivity contribution is 7.88. The predicted molar refractivity (Wildman–Crippen MR) is 115 cm³/mol. The monoisotopic (exact) mass is 468 g/mol. The van der Waals surface area contributed by atoms with Gasteiger partial charge >= 0.3 is 6.18 Å². The fourth-order valence-corrected chi connectivity index (χ4v) is 8.51. The van der Waals surface area contributed by atoms with Gasteiger partial charge in [-0.05, 0) is 5.56 Å². The van der Waals surface area contributed by atoms with E-state index in [1.165, 1.54) is 0 Å². The van der Waals surface area contributed by atoms with Gasteiger partial charge in [0.15, 0.2) is 13.7 Å². The fourth-order valence-electron chi connectivity index (χ4n) is 3.29. The van der Waals surface area contributed by atoms with Gasteiger partial charge < -0.3 is 4.57 Å². The molecule has 0 spiro atoms. The summed E-state index contributed by atoms with van der Waals surface area (Å²) >= 11 is 0. The summed E-state index contributed by atoms with van der Waals surface area (Å²) in [5.74, 6) is -0.867. The van der Waals surface area contributed by atoms with Crippen LogP contribution >= 0.6 is 7.14 Å². The highest BCUT2D eigenvalue weighted by atomic mass is 32.2. The minimum absolute atomic E-state index is 0.404. The third-order valence-electron chi connectivity index (χ3n) is 4.67. The van der Waals surface area contributed by atoms with Gasteiger partial charge in [0.1, 0.15) is 0 Å². The zero-order valence-corrected chi connectivity index (χ0v) is 18.0. The summed E-state index contributed by atoms with van der Waals surface area (Å²) in [4.78, 5) is 0. The van der Waals surface area contributed by atoms with Crippen LogP contribution in [-0.2, 0) is 18.9 Å². The first-order chi connectivity index (χ1) is 14.6. The van der Waals surface area contributed by atoms with Gasteiger partial charge in [0.2, 0.25) is 0 Å². The molecule has 0 aliphatic carbocycles.